The Kier molecular flexibility index (Phi) is 3.14. The summed E-state index contributed by atoms with van der Waals surface area (Å²) < 4.78 is 0. The van der Waals surface area contributed by atoms with Gasteiger partial charge >= 0.3 is 0 Å². The molecule has 0 spiro atoms. The van der Waals surface area contributed by atoms with E-state index >= 15 is 0 Å². The van der Waals surface area contributed by atoms with Crippen LogP contribution in [0.5, 0.6) is 0 Å². The van der Waals surface area contributed by atoms with E-state index in [0.717, 1.165) is 23.0 Å². The zero-order chi connectivity index (χ0) is 12.5. The highest BCUT2D eigenvalue weighted by molar-refractivity contribution is 8.14. The maximum absolute atomic E-state index is 4.80. The molecule has 18 heavy (non-hydrogen) atoms. The van der Waals surface area contributed by atoms with Crippen molar-refractivity contribution in [3.8, 4) is 0 Å². The van der Waals surface area contributed by atoms with Crippen molar-refractivity contribution in [2.75, 3.05) is 26.4 Å². The molecule has 0 bridgehead atoms. The number of thioether (sulfide) groups is 1. The highest BCUT2D eigenvalue weighted by Crippen LogP contribution is 2.25. The molecule has 1 aliphatic heterocycles. The molecule has 0 amide bonds. The Balaban J connectivity index is 1.86. The van der Waals surface area contributed by atoms with Gasteiger partial charge in [0.1, 0.15) is 5.04 Å². The van der Waals surface area contributed by atoms with E-state index in [-0.39, 0.29) is 0 Å². The second-order valence-corrected chi connectivity index (χ2v) is 5.94. The fourth-order valence-corrected chi connectivity index (χ4v) is 3.29. The van der Waals surface area contributed by atoms with Crippen LogP contribution in [0.25, 0.3) is 10.9 Å². The Morgan fingerprint density at radius 3 is 3.00 bits per heavy atom. The van der Waals surface area contributed by atoms with Gasteiger partial charge in [-0.1, -0.05) is 18.2 Å². The summed E-state index contributed by atoms with van der Waals surface area (Å²) in [6.07, 6.45) is 0. The molecule has 2 aromatic rings. The second kappa shape index (κ2) is 4.78. The number of likely N-dealkylation sites (N-methyl/N-ethyl adjacent to an activating group) is 1. The van der Waals surface area contributed by atoms with E-state index in [1.165, 1.54) is 10.9 Å². The van der Waals surface area contributed by atoms with Gasteiger partial charge in [0.25, 0.3) is 0 Å². The Morgan fingerprint density at radius 2 is 2.22 bits per heavy atom. The quantitative estimate of drug-likeness (QED) is 0.918. The van der Waals surface area contributed by atoms with Crippen molar-refractivity contribution < 1.29 is 0 Å². The van der Waals surface area contributed by atoms with Crippen LogP contribution in [0.1, 0.15) is 5.69 Å². The molecule has 0 fully saturated rings. The highest BCUT2D eigenvalue weighted by atomic mass is 32.2. The predicted octanol–water partition coefficient (Wildman–Crippen LogP) is 2.59. The van der Waals surface area contributed by atoms with Gasteiger partial charge in [0, 0.05) is 23.2 Å². The Bertz CT molecular complexity index is 552. The van der Waals surface area contributed by atoms with Gasteiger partial charge in [-0.3, -0.25) is 4.99 Å². The molecule has 1 aromatic heterocycles. The fraction of sp³-hybridized carbons (Fsp3) is 0.357. The van der Waals surface area contributed by atoms with E-state index in [9.17, 15) is 0 Å². The van der Waals surface area contributed by atoms with E-state index in [4.69, 9.17) is 4.99 Å². The number of para-hydroxylation sites is 1. The molecule has 0 saturated carbocycles. The van der Waals surface area contributed by atoms with E-state index in [1.54, 1.807) is 0 Å². The third-order valence-corrected chi connectivity index (χ3v) is 4.20. The lowest BCUT2D eigenvalue weighted by Gasteiger charge is -2.12. The van der Waals surface area contributed by atoms with Crippen molar-refractivity contribution in [1.29, 1.82) is 0 Å². The maximum atomic E-state index is 4.80. The predicted molar refractivity (Wildman–Crippen MR) is 79.6 cm³/mol. The first-order chi connectivity index (χ1) is 8.72. The van der Waals surface area contributed by atoms with Crippen LogP contribution in [0.3, 0.4) is 0 Å². The summed E-state index contributed by atoms with van der Waals surface area (Å²) in [7, 11) is 4.20. The van der Waals surface area contributed by atoms with E-state index in [1.807, 2.05) is 11.8 Å². The minimum atomic E-state index is 0.423. The zero-order valence-corrected chi connectivity index (χ0v) is 11.5. The standard InChI is InChI=1S/C14H17N3S/c1-17(2)8-11-9-18-14(15-11)13-7-10-5-3-4-6-12(10)16-13/h3-7,11,16H,8-9H2,1-2H3/t11-/m1/s1. The maximum Gasteiger partial charge on any atom is 0.114 e. The molecule has 94 valence electrons. The van der Waals surface area contributed by atoms with Crippen LogP contribution >= 0.6 is 11.8 Å². The molecule has 1 atom stereocenters. The van der Waals surface area contributed by atoms with Crippen LogP contribution in [-0.2, 0) is 0 Å². The largest absolute Gasteiger partial charge is 0.353 e. The lowest BCUT2D eigenvalue weighted by molar-refractivity contribution is 0.387. The van der Waals surface area contributed by atoms with Gasteiger partial charge in [-0.2, -0.15) is 0 Å². The van der Waals surface area contributed by atoms with Gasteiger partial charge in [-0.15, -0.1) is 11.8 Å². The second-order valence-electron chi connectivity index (χ2n) is 4.93. The van der Waals surface area contributed by atoms with Gasteiger partial charge < -0.3 is 9.88 Å². The lowest BCUT2D eigenvalue weighted by atomic mass is 10.2. The molecular weight excluding hydrogens is 242 g/mol. The fourth-order valence-electron chi connectivity index (χ4n) is 2.27. The molecule has 3 nitrogen and oxygen atoms in total. The third kappa shape index (κ3) is 2.31. The van der Waals surface area contributed by atoms with Crippen LogP contribution in [0, 0.1) is 0 Å². The number of rotatable bonds is 3. The van der Waals surface area contributed by atoms with Crippen LogP contribution in [-0.4, -0.2) is 47.4 Å². The van der Waals surface area contributed by atoms with E-state index < -0.39 is 0 Å². The number of aromatic nitrogens is 1. The molecular formula is C14H17N3S. The van der Waals surface area contributed by atoms with Gasteiger partial charge in [-0.05, 0) is 26.2 Å². The lowest BCUT2D eigenvalue weighted by Crippen LogP contribution is -2.24. The third-order valence-electron chi connectivity index (χ3n) is 3.05. The molecule has 1 N–H and O–H groups in total. The monoisotopic (exact) mass is 259 g/mol. The first-order valence-corrected chi connectivity index (χ1v) is 7.14. The summed E-state index contributed by atoms with van der Waals surface area (Å²) in [6, 6.07) is 11.0. The van der Waals surface area contributed by atoms with Crippen molar-refractivity contribution in [1.82, 2.24) is 9.88 Å². The molecule has 0 unspecified atom stereocenters. The van der Waals surface area contributed by atoms with Crippen molar-refractivity contribution in [2.24, 2.45) is 4.99 Å². The number of H-pyrrole nitrogens is 1. The minimum absolute atomic E-state index is 0.423. The average molecular weight is 259 g/mol. The summed E-state index contributed by atoms with van der Waals surface area (Å²) in [5, 5.41) is 2.41. The Morgan fingerprint density at radius 1 is 1.39 bits per heavy atom. The minimum Gasteiger partial charge on any atom is -0.353 e. The number of aromatic amines is 1. The molecule has 0 aliphatic carbocycles. The van der Waals surface area contributed by atoms with E-state index in [2.05, 4.69) is 54.3 Å². The molecule has 2 heterocycles. The van der Waals surface area contributed by atoms with E-state index in [0.29, 0.717) is 6.04 Å². The van der Waals surface area contributed by atoms with Gasteiger partial charge in [0.05, 0.1) is 11.7 Å². The zero-order valence-electron chi connectivity index (χ0n) is 10.7. The van der Waals surface area contributed by atoms with Crippen molar-refractivity contribution in [3.05, 3.63) is 36.0 Å². The number of fused-ring (bicyclic) bond motifs is 1. The molecule has 3 rings (SSSR count). The molecule has 4 heteroatoms. The molecule has 1 aliphatic rings. The number of hydrogen-bond acceptors (Lipinski definition) is 3. The number of benzene rings is 1. The smallest absolute Gasteiger partial charge is 0.114 e. The van der Waals surface area contributed by atoms with Gasteiger partial charge in [-0.25, -0.2) is 0 Å². The number of aliphatic imine (C=N–C) groups is 1. The Hall–Kier alpha value is -1.26. The summed E-state index contributed by atoms with van der Waals surface area (Å²) in [6.45, 7) is 1.02. The van der Waals surface area contributed by atoms with Crippen LogP contribution in [0.2, 0.25) is 0 Å². The number of nitrogens with one attached hydrogen (secondary N) is 1. The van der Waals surface area contributed by atoms with Gasteiger partial charge in [0.15, 0.2) is 0 Å². The van der Waals surface area contributed by atoms with Crippen LogP contribution in [0.4, 0.5) is 0 Å². The van der Waals surface area contributed by atoms with Crippen molar-refractivity contribution in [3.63, 3.8) is 0 Å². The number of nitrogens with zero attached hydrogens (tertiary/aromatic N) is 2. The van der Waals surface area contributed by atoms with Crippen molar-refractivity contribution in [2.45, 2.75) is 6.04 Å². The van der Waals surface area contributed by atoms with Gasteiger partial charge in [0.2, 0.25) is 0 Å². The summed E-state index contributed by atoms with van der Waals surface area (Å²) in [4.78, 5) is 10.4. The highest BCUT2D eigenvalue weighted by Gasteiger charge is 2.20. The molecule has 1 aromatic carbocycles. The SMILES string of the molecule is CN(C)C[C@@H]1CSC(c2cc3ccccc3[nH]2)=N1. The van der Waals surface area contributed by atoms with Crippen molar-refractivity contribution >= 4 is 27.7 Å². The average Bonchev–Trinajstić information content (AvgIpc) is 2.93. The summed E-state index contributed by atoms with van der Waals surface area (Å²) in [5.74, 6) is 1.09. The first-order valence-electron chi connectivity index (χ1n) is 6.16. The topological polar surface area (TPSA) is 31.4 Å². The molecule has 0 saturated heterocycles. The Labute approximate surface area is 111 Å². The van der Waals surface area contributed by atoms with Crippen LogP contribution in [0.15, 0.2) is 35.3 Å². The normalized spacial score (nSPS) is 19.7. The molecule has 0 radical (unpaired) electrons. The van der Waals surface area contributed by atoms with Crippen LogP contribution < -0.4 is 0 Å². The summed E-state index contributed by atoms with van der Waals surface area (Å²) in [5.41, 5.74) is 2.34. The summed E-state index contributed by atoms with van der Waals surface area (Å²) >= 11 is 1.85. The first kappa shape index (κ1) is 11.8. The number of hydrogen-bond donors (Lipinski definition) is 1.